The Morgan fingerprint density at radius 2 is 1.74 bits per heavy atom. The van der Waals surface area contributed by atoms with Crippen LogP contribution in [0.25, 0.3) is 22.4 Å². The van der Waals surface area contributed by atoms with Gasteiger partial charge in [0.05, 0.1) is 21.6 Å². The molecule has 0 bridgehead atoms. The zero-order valence-electron chi connectivity index (χ0n) is 14.4. The quantitative estimate of drug-likeness (QED) is 0.547. The molecule has 7 heteroatoms. The number of aromatic nitrogens is 2. The van der Waals surface area contributed by atoms with Crippen LogP contribution in [0, 0.1) is 12.7 Å². The number of hydrogen-bond acceptors (Lipinski definition) is 3. The van der Waals surface area contributed by atoms with Gasteiger partial charge in [0.1, 0.15) is 11.6 Å². The summed E-state index contributed by atoms with van der Waals surface area (Å²) >= 11 is 0. The largest absolute Gasteiger partial charge is 0.338 e. The van der Waals surface area contributed by atoms with Gasteiger partial charge in [0.15, 0.2) is 0 Å². The topological polar surface area (TPSA) is 74.8 Å². The Morgan fingerprint density at radius 3 is 2.52 bits per heavy atom. The molecule has 0 saturated heterocycles. The van der Waals surface area contributed by atoms with Crippen LogP contribution in [0.1, 0.15) is 5.56 Å². The first-order valence-corrected chi connectivity index (χ1v) is 9.75. The van der Waals surface area contributed by atoms with Gasteiger partial charge in [-0.25, -0.2) is 17.8 Å². The highest BCUT2D eigenvalue weighted by molar-refractivity contribution is 7.92. The Balaban J connectivity index is 1.75. The van der Waals surface area contributed by atoms with E-state index in [2.05, 4.69) is 14.7 Å². The van der Waals surface area contributed by atoms with Crippen LogP contribution in [0.4, 0.5) is 10.1 Å². The van der Waals surface area contributed by atoms with Crippen molar-refractivity contribution in [3.8, 4) is 11.4 Å². The maximum Gasteiger partial charge on any atom is 0.261 e. The summed E-state index contributed by atoms with van der Waals surface area (Å²) in [7, 11) is -3.87. The normalized spacial score (nSPS) is 11.6. The second-order valence-corrected chi connectivity index (χ2v) is 7.85. The molecule has 3 aromatic carbocycles. The number of halogens is 1. The van der Waals surface area contributed by atoms with Crippen molar-refractivity contribution in [2.24, 2.45) is 0 Å². The summed E-state index contributed by atoms with van der Waals surface area (Å²) in [6.07, 6.45) is 0. The first kappa shape index (κ1) is 17.2. The van der Waals surface area contributed by atoms with Crippen molar-refractivity contribution >= 4 is 26.7 Å². The van der Waals surface area contributed by atoms with Gasteiger partial charge in [-0.05, 0) is 55.0 Å². The van der Waals surface area contributed by atoms with E-state index in [4.69, 9.17) is 0 Å². The molecular formula is C20H16FN3O2S. The minimum Gasteiger partial charge on any atom is -0.338 e. The lowest BCUT2D eigenvalue weighted by molar-refractivity contribution is 0.598. The van der Waals surface area contributed by atoms with E-state index in [1.807, 2.05) is 30.3 Å². The second-order valence-electron chi connectivity index (χ2n) is 6.16. The number of sulfonamides is 1. The molecule has 0 aliphatic heterocycles. The van der Waals surface area contributed by atoms with Gasteiger partial charge >= 0.3 is 0 Å². The van der Waals surface area contributed by atoms with Crippen LogP contribution >= 0.6 is 0 Å². The molecule has 27 heavy (non-hydrogen) atoms. The highest BCUT2D eigenvalue weighted by Crippen LogP contribution is 2.29. The van der Waals surface area contributed by atoms with E-state index < -0.39 is 15.8 Å². The molecule has 0 aliphatic carbocycles. The molecule has 2 N–H and O–H groups in total. The lowest BCUT2D eigenvalue weighted by Gasteiger charge is -2.12. The number of rotatable bonds is 4. The Bertz CT molecular complexity index is 1220. The summed E-state index contributed by atoms with van der Waals surface area (Å²) in [5.41, 5.74) is 2.93. The minimum absolute atomic E-state index is 0.000749. The summed E-state index contributed by atoms with van der Waals surface area (Å²) in [6.45, 7) is 1.52. The van der Waals surface area contributed by atoms with Gasteiger partial charge in [0.2, 0.25) is 0 Å². The Hall–Kier alpha value is -3.19. The molecule has 136 valence electrons. The fourth-order valence-electron chi connectivity index (χ4n) is 2.85. The van der Waals surface area contributed by atoms with Crippen LogP contribution in [0.3, 0.4) is 0 Å². The zero-order valence-corrected chi connectivity index (χ0v) is 15.2. The fraction of sp³-hybridized carbons (Fsp3) is 0.0500. The van der Waals surface area contributed by atoms with E-state index in [0.717, 1.165) is 17.1 Å². The van der Waals surface area contributed by atoms with Gasteiger partial charge in [0.25, 0.3) is 10.0 Å². The van der Waals surface area contributed by atoms with Crippen molar-refractivity contribution in [1.29, 1.82) is 0 Å². The summed E-state index contributed by atoms with van der Waals surface area (Å²) in [5, 5.41) is 0. The lowest BCUT2D eigenvalue weighted by atomic mass is 10.2. The summed E-state index contributed by atoms with van der Waals surface area (Å²) in [4.78, 5) is 7.73. The Morgan fingerprint density at radius 1 is 1.00 bits per heavy atom. The maximum absolute atomic E-state index is 13.5. The lowest BCUT2D eigenvalue weighted by Crippen LogP contribution is -2.14. The predicted octanol–water partition coefficient (Wildman–Crippen LogP) is 4.48. The highest BCUT2D eigenvalue weighted by atomic mass is 32.2. The van der Waals surface area contributed by atoms with Crippen molar-refractivity contribution < 1.29 is 12.8 Å². The third-order valence-electron chi connectivity index (χ3n) is 4.26. The molecule has 0 radical (unpaired) electrons. The number of hydrogen-bond donors (Lipinski definition) is 2. The number of H-pyrrole nitrogens is 1. The Labute approximate surface area is 155 Å². The number of nitrogens with one attached hydrogen (secondary N) is 2. The number of anilines is 1. The van der Waals surface area contributed by atoms with Crippen LogP contribution in [0.5, 0.6) is 0 Å². The van der Waals surface area contributed by atoms with Gasteiger partial charge in [-0.15, -0.1) is 0 Å². The van der Waals surface area contributed by atoms with Crippen LogP contribution in [-0.4, -0.2) is 18.4 Å². The van der Waals surface area contributed by atoms with Crippen LogP contribution < -0.4 is 4.72 Å². The van der Waals surface area contributed by atoms with Gasteiger partial charge < -0.3 is 4.98 Å². The number of fused-ring (bicyclic) bond motifs is 1. The summed E-state index contributed by atoms with van der Waals surface area (Å²) < 4.78 is 41.6. The molecule has 0 saturated carbocycles. The molecule has 1 aromatic heterocycles. The molecular weight excluding hydrogens is 365 g/mol. The van der Waals surface area contributed by atoms with Gasteiger partial charge in [-0.3, -0.25) is 4.72 Å². The Kier molecular flexibility index (Phi) is 4.16. The van der Waals surface area contributed by atoms with E-state index >= 15 is 0 Å². The molecule has 0 aliphatic rings. The zero-order chi connectivity index (χ0) is 19.0. The molecule has 0 fully saturated rings. The second kappa shape index (κ2) is 6.51. The average Bonchev–Trinajstić information content (AvgIpc) is 3.08. The first-order chi connectivity index (χ1) is 12.9. The molecule has 5 nitrogen and oxygen atoms in total. The number of benzene rings is 3. The maximum atomic E-state index is 13.5. The number of para-hydroxylation sites is 3. The molecule has 0 spiro atoms. The van der Waals surface area contributed by atoms with E-state index in [-0.39, 0.29) is 10.5 Å². The molecule has 0 atom stereocenters. The number of aromatic amines is 1. The summed E-state index contributed by atoms with van der Waals surface area (Å²) in [6, 6.07) is 18.3. The molecule has 0 amide bonds. The first-order valence-electron chi connectivity index (χ1n) is 8.27. The van der Waals surface area contributed by atoms with Gasteiger partial charge in [-0.2, -0.15) is 0 Å². The van der Waals surface area contributed by atoms with E-state index in [1.54, 1.807) is 18.2 Å². The van der Waals surface area contributed by atoms with Crippen LogP contribution in [0.15, 0.2) is 71.6 Å². The van der Waals surface area contributed by atoms with Crippen molar-refractivity contribution in [2.45, 2.75) is 11.8 Å². The van der Waals surface area contributed by atoms with Crippen molar-refractivity contribution in [3.05, 3.63) is 78.1 Å². The van der Waals surface area contributed by atoms with E-state index in [1.165, 1.54) is 19.1 Å². The summed E-state index contributed by atoms with van der Waals surface area (Å²) in [5.74, 6) is 0.112. The molecule has 1 heterocycles. The SMILES string of the molecule is Cc1cc(S(=O)(=O)Nc2ccccc2-c2nc3ccccc3[nH]2)ccc1F. The van der Waals surface area contributed by atoms with Gasteiger partial charge in [0, 0.05) is 5.56 Å². The van der Waals surface area contributed by atoms with Gasteiger partial charge in [-0.1, -0.05) is 24.3 Å². The van der Waals surface area contributed by atoms with Crippen molar-refractivity contribution in [2.75, 3.05) is 4.72 Å². The van der Waals surface area contributed by atoms with Crippen LogP contribution in [0.2, 0.25) is 0 Å². The third-order valence-corrected chi connectivity index (χ3v) is 5.62. The number of imidazole rings is 1. The van der Waals surface area contributed by atoms with E-state index in [9.17, 15) is 12.8 Å². The standard InChI is InChI=1S/C20H16FN3O2S/c1-13-12-14(10-11-16(13)21)27(25,26)24-17-7-3-2-6-15(17)20-22-18-8-4-5-9-19(18)23-20/h2-12,24H,1H3,(H,22,23). The molecule has 4 rings (SSSR count). The van der Waals surface area contributed by atoms with Crippen LogP contribution in [-0.2, 0) is 10.0 Å². The minimum atomic E-state index is -3.87. The molecule has 0 unspecified atom stereocenters. The molecule has 4 aromatic rings. The van der Waals surface area contributed by atoms with Crippen molar-refractivity contribution in [1.82, 2.24) is 9.97 Å². The predicted molar refractivity (Wildman–Crippen MR) is 103 cm³/mol. The highest BCUT2D eigenvalue weighted by Gasteiger charge is 2.18. The fourth-order valence-corrected chi connectivity index (χ4v) is 4.01. The third kappa shape index (κ3) is 3.29. The van der Waals surface area contributed by atoms with Crippen molar-refractivity contribution in [3.63, 3.8) is 0 Å². The van der Waals surface area contributed by atoms with E-state index in [0.29, 0.717) is 17.1 Å². The smallest absolute Gasteiger partial charge is 0.261 e. The number of aryl methyl sites for hydroxylation is 1. The number of nitrogens with zero attached hydrogens (tertiary/aromatic N) is 1. The monoisotopic (exact) mass is 381 g/mol. The average molecular weight is 381 g/mol.